The molecule has 1 heterocycles. The zero-order valence-electron chi connectivity index (χ0n) is 11.1. The van der Waals surface area contributed by atoms with Gasteiger partial charge in [0.25, 0.3) is 0 Å². The number of benzene rings is 2. The van der Waals surface area contributed by atoms with Crippen LogP contribution in [-0.4, -0.2) is 11.7 Å². The first-order valence-electron chi connectivity index (χ1n) is 6.51. The van der Waals surface area contributed by atoms with E-state index in [-0.39, 0.29) is 5.82 Å². The van der Waals surface area contributed by atoms with E-state index in [4.69, 9.17) is 0 Å². The molecule has 0 amide bonds. The van der Waals surface area contributed by atoms with Crippen molar-refractivity contribution in [1.29, 1.82) is 0 Å². The van der Waals surface area contributed by atoms with Crippen LogP contribution in [0.15, 0.2) is 53.5 Å². The Bertz CT molecular complexity index is 620. The molecule has 0 aliphatic carbocycles. The van der Waals surface area contributed by atoms with Gasteiger partial charge in [-0.1, -0.05) is 42.1 Å². The van der Waals surface area contributed by atoms with Gasteiger partial charge in [-0.3, -0.25) is 4.99 Å². The molecular weight excluding hydrogens is 271 g/mol. The fraction of sp³-hybridized carbons (Fsp3) is 0.188. The lowest BCUT2D eigenvalue weighted by Crippen LogP contribution is -2.05. The highest BCUT2D eigenvalue weighted by atomic mass is 32.2. The Morgan fingerprint density at radius 1 is 1.20 bits per heavy atom. The molecular formula is C16H15FN2S. The summed E-state index contributed by atoms with van der Waals surface area (Å²) in [6, 6.07) is 15.2. The smallest absolute Gasteiger partial charge is 0.161 e. The first-order valence-corrected chi connectivity index (χ1v) is 7.39. The van der Waals surface area contributed by atoms with Crippen molar-refractivity contribution in [1.82, 2.24) is 0 Å². The van der Waals surface area contributed by atoms with E-state index in [0.29, 0.717) is 5.25 Å². The molecule has 2 aromatic carbocycles. The Balaban J connectivity index is 1.68. The molecule has 4 heteroatoms. The maximum atomic E-state index is 13.4. The van der Waals surface area contributed by atoms with E-state index in [0.717, 1.165) is 23.0 Å². The SMILES string of the molecule is Cc1cc(F)cc(NC2=NCC(c3ccccc3)S2)c1. The van der Waals surface area contributed by atoms with Crippen LogP contribution in [0.1, 0.15) is 16.4 Å². The summed E-state index contributed by atoms with van der Waals surface area (Å²) >= 11 is 1.69. The van der Waals surface area contributed by atoms with E-state index in [1.807, 2.05) is 31.2 Å². The first kappa shape index (κ1) is 13.2. The van der Waals surface area contributed by atoms with Gasteiger partial charge in [-0.25, -0.2) is 4.39 Å². The zero-order chi connectivity index (χ0) is 13.9. The van der Waals surface area contributed by atoms with Crippen LogP contribution in [-0.2, 0) is 0 Å². The largest absolute Gasteiger partial charge is 0.335 e. The summed E-state index contributed by atoms with van der Waals surface area (Å²) in [6.07, 6.45) is 0. The van der Waals surface area contributed by atoms with Crippen molar-refractivity contribution < 1.29 is 4.39 Å². The van der Waals surface area contributed by atoms with Crippen LogP contribution in [0, 0.1) is 12.7 Å². The summed E-state index contributed by atoms with van der Waals surface area (Å²) in [6.45, 7) is 2.63. The quantitative estimate of drug-likeness (QED) is 0.885. The normalized spacial score (nSPS) is 17.9. The van der Waals surface area contributed by atoms with Gasteiger partial charge < -0.3 is 5.32 Å². The molecule has 1 aliphatic heterocycles. The number of aliphatic imine (C=N–C) groups is 1. The number of nitrogens with zero attached hydrogens (tertiary/aromatic N) is 1. The third-order valence-electron chi connectivity index (χ3n) is 3.12. The van der Waals surface area contributed by atoms with Crippen molar-refractivity contribution in [2.45, 2.75) is 12.2 Å². The molecule has 2 nitrogen and oxygen atoms in total. The molecule has 0 aromatic heterocycles. The minimum Gasteiger partial charge on any atom is -0.335 e. The van der Waals surface area contributed by atoms with Crippen molar-refractivity contribution in [3.8, 4) is 0 Å². The molecule has 1 atom stereocenters. The van der Waals surface area contributed by atoms with Crippen molar-refractivity contribution >= 4 is 22.6 Å². The standard InChI is InChI=1S/C16H15FN2S/c1-11-7-13(17)9-14(8-11)19-16-18-10-15(20-16)12-5-3-2-4-6-12/h2-9,15H,10H2,1H3,(H,18,19). The van der Waals surface area contributed by atoms with Crippen LogP contribution < -0.4 is 5.32 Å². The molecule has 3 rings (SSSR count). The number of aryl methyl sites for hydroxylation is 1. The molecule has 0 spiro atoms. The predicted molar refractivity (Wildman–Crippen MR) is 83.8 cm³/mol. The fourth-order valence-corrected chi connectivity index (χ4v) is 3.25. The first-order chi connectivity index (χ1) is 9.70. The third kappa shape index (κ3) is 3.02. The van der Waals surface area contributed by atoms with Gasteiger partial charge in [-0.05, 0) is 36.2 Å². The summed E-state index contributed by atoms with van der Waals surface area (Å²) in [5, 5.41) is 4.39. The van der Waals surface area contributed by atoms with Crippen LogP contribution in [0.5, 0.6) is 0 Å². The summed E-state index contributed by atoms with van der Waals surface area (Å²) in [7, 11) is 0. The van der Waals surface area contributed by atoms with E-state index in [1.54, 1.807) is 11.8 Å². The molecule has 20 heavy (non-hydrogen) atoms. The van der Waals surface area contributed by atoms with Gasteiger partial charge in [-0.2, -0.15) is 0 Å². The maximum Gasteiger partial charge on any atom is 0.161 e. The molecule has 0 radical (unpaired) electrons. The summed E-state index contributed by atoms with van der Waals surface area (Å²) in [4.78, 5) is 4.49. The summed E-state index contributed by atoms with van der Waals surface area (Å²) in [5.41, 5.74) is 2.92. The second kappa shape index (κ2) is 5.67. The Kier molecular flexibility index (Phi) is 3.74. The molecule has 102 valence electrons. The van der Waals surface area contributed by atoms with Gasteiger partial charge in [0.1, 0.15) is 5.82 Å². The molecule has 0 fully saturated rings. The van der Waals surface area contributed by atoms with Gasteiger partial charge in [0, 0.05) is 5.69 Å². The van der Waals surface area contributed by atoms with E-state index in [2.05, 4.69) is 22.4 Å². The van der Waals surface area contributed by atoms with Crippen LogP contribution >= 0.6 is 11.8 Å². The molecule has 1 N–H and O–H groups in total. The Morgan fingerprint density at radius 3 is 2.75 bits per heavy atom. The Labute approximate surface area is 122 Å². The number of hydrogen-bond acceptors (Lipinski definition) is 3. The van der Waals surface area contributed by atoms with Crippen LogP contribution in [0.2, 0.25) is 0 Å². The van der Waals surface area contributed by atoms with Gasteiger partial charge >= 0.3 is 0 Å². The number of amidine groups is 1. The van der Waals surface area contributed by atoms with Crippen molar-refractivity contribution in [3.05, 3.63) is 65.5 Å². The fourth-order valence-electron chi connectivity index (χ4n) is 2.22. The predicted octanol–water partition coefficient (Wildman–Crippen LogP) is 4.39. The average Bonchev–Trinajstić information content (AvgIpc) is 2.87. The van der Waals surface area contributed by atoms with Crippen molar-refractivity contribution in [2.24, 2.45) is 4.99 Å². The van der Waals surface area contributed by atoms with E-state index >= 15 is 0 Å². The minimum atomic E-state index is -0.226. The Morgan fingerprint density at radius 2 is 2.00 bits per heavy atom. The number of anilines is 1. The van der Waals surface area contributed by atoms with Crippen LogP contribution in [0.25, 0.3) is 0 Å². The third-order valence-corrected chi connectivity index (χ3v) is 4.28. The number of thioether (sulfide) groups is 1. The van der Waals surface area contributed by atoms with Crippen molar-refractivity contribution in [2.75, 3.05) is 11.9 Å². The highest BCUT2D eigenvalue weighted by Crippen LogP contribution is 2.35. The van der Waals surface area contributed by atoms with Gasteiger partial charge in [0.05, 0.1) is 11.8 Å². The highest BCUT2D eigenvalue weighted by molar-refractivity contribution is 8.14. The molecule has 0 bridgehead atoms. The minimum absolute atomic E-state index is 0.226. The number of halogens is 1. The molecule has 1 aliphatic rings. The number of hydrogen-bond donors (Lipinski definition) is 1. The highest BCUT2D eigenvalue weighted by Gasteiger charge is 2.21. The molecule has 1 unspecified atom stereocenters. The number of nitrogens with one attached hydrogen (secondary N) is 1. The molecule has 0 saturated carbocycles. The average molecular weight is 286 g/mol. The van der Waals surface area contributed by atoms with E-state index < -0.39 is 0 Å². The second-order valence-electron chi connectivity index (χ2n) is 4.81. The monoisotopic (exact) mass is 286 g/mol. The maximum absolute atomic E-state index is 13.4. The van der Waals surface area contributed by atoms with Crippen molar-refractivity contribution in [3.63, 3.8) is 0 Å². The van der Waals surface area contributed by atoms with Gasteiger partial charge in [-0.15, -0.1) is 0 Å². The van der Waals surface area contributed by atoms with Gasteiger partial charge in [0.2, 0.25) is 0 Å². The van der Waals surface area contributed by atoms with E-state index in [9.17, 15) is 4.39 Å². The molecule has 2 aromatic rings. The lowest BCUT2D eigenvalue weighted by atomic mass is 10.1. The topological polar surface area (TPSA) is 24.4 Å². The van der Waals surface area contributed by atoms with Crippen LogP contribution in [0.3, 0.4) is 0 Å². The van der Waals surface area contributed by atoms with Crippen LogP contribution in [0.4, 0.5) is 10.1 Å². The molecule has 0 saturated heterocycles. The lowest BCUT2D eigenvalue weighted by Gasteiger charge is -2.10. The van der Waals surface area contributed by atoms with E-state index in [1.165, 1.54) is 17.7 Å². The summed E-state index contributed by atoms with van der Waals surface area (Å²) in [5.74, 6) is -0.226. The summed E-state index contributed by atoms with van der Waals surface area (Å²) < 4.78 is 13.4. The number of rotatable bonds is 2. The Hall–Kier alpha value is -1.81. The lowest BCUT2D eigenvalue weighted by molar-refractivity contribution is 0.627. The second-order valence-corrected chi connectivity index (χ2v) is 6.00. The zero-order valence-corrected chi connectivity index (χ0v) is 12.0. The van der Waals surface area contributed by atoms with Gasteiger partial charge in [0.15, 0.2) is 5.17 Å².